The highest BCUT2D eigenvalue weighted by molar-refractivity contribution is 9.10. The van der Waals surface area contributed by atoms with Crippen LogP contribution in [0.1, 0.15) is 74.0 Å². The van der Waals surface area contributed by atoms with Gasteiger partial charge in [-0.1, -0.05) is 30.3 Å². The van der Waals surface area contributed by atoms with Gasteiger partial charge in [0.1, 0.15) is 15.7 Å². The first kappa shape index (κ1) is 28.6. The number of carbonyl (C=O) groups is 3. The number of halogens is 4. The van der Waals surface area contributed by atoms with Gasteiger partial charge >= 0.3 is 18.1 Å². The minimum atomic E-state index is -4.64. The number of ether oxygens (including phenoxy) is 2. The number of rotatable bonds is 7. The fourth-order valence-corrected chi connectivity index (χ4v) is 5.88. The molecule has 1 aliphatic heterocycles. The Balaban J connectivity index is 1.72. The number of aromatic nitrogens is 2. The largest absolute Gasteiger partial charge is 0.462 e. The van der Waals surface area contributed by atoms with Gasteiger partial charge < -0.3 is 20.1 Å². The van der Waals surface area contributed by atoms with Crippen molar-refractivity contribution in [1.82, 2.24) is 9.78 Å². The van der Waals surface area contributed by atoms with Gasteiger partial charge in [0.15, 0.2) is 11.7 Å². The predicted octanol–water partition coefficient (Wildman–Crippen LogP) is 6.28. The minimum Gasteiger partial charge on any atom is -0.462 e. The van der Waals surface area contributed by atoms with Crippen LogP contribution in [0.3, 0.4) is 0 Å². The van der Waals surface area contributed by atoms with E-state index in [1.165, 1.54) is 6.92 Å². The van der Waals surface area contributed by atoms with E-state index in [1.807, 2.05) is 0 Å². The Hall–Kier alpha value is -3.39. The monoisotopic (exact) mass is 628 g/mol. The molecule has 0 aliphatic carbocycles. The van der Waals surface area contributed by atoms with Crippen molar-refractivity contribution in [2.75, 3.05) is 23.8 Å². The zero-order chi connectivity index (χ0) is 28.5. The summed E-state index contributed by atoms with van der Waals surface area (Å²) in [4.78, 5) is 38.5. The molecule has 0 saturated carbocycles. The molecule has 0 radical (unpaired) electrons. The van der Waals surface area contributed by atoms with Crippen molar-refractivity contribution in [3.05, 3.63) is 62.1 Å². The summed E-state index contributed by atoms with van der Waals surface area (Å²) < 4.78 is 53.2. The van der Waals surface area contributed by atoms with E-state index in [0.29, 0.717) is 5.56 Å². The summed E-state index contributed by atoms with van der Waals surface area (Å²) in [5.41, 5.74) is 0.518. The van der Waals surface area contributed by atoms with E-state index < -0.39 is 36.1 Å². The number of nitrogens with one attached hydrogen (secondary N) is 2. The first-order chi connectivity index (χ1) is 18.5. The number of hydrogen-bond donors (Lipinski definition) is 2. The molecule has 3 aromatic rings. The first-order valence-electron chi connectivity index (χ1n) is 11.9. The maximum absolute atomic E-state index is 14.1. The molecular formula is C25H24BrF3N4O5S. The van der Waals surface area contributed by atoms with Crippen molar-refractivity contribution in [2.24, 2.45) is 0 Å². The number of benzene rings is 1. The van der Waals surface area contributed by atoms with Crippen molar-refractivity contribution in [2.45, 2.75) is 45.5 Å². The number of fused-ring (bicyclic) bond motifs is 1. The highest BCUT2D eigenvalue weighted by atomic mass is 79.9. The second kappa shape index (κ2) is 11.4. The molecule has 9 nitrogen and oxygen atoms in total. The molecule has 0 spiro atoms. The number of nitrogens with zero attached hydrogens (tertiary/aromatic N) is 2. The SMILES string of the molecule is CCOC(=O)c1sc(NC(=O)c2nn3c(c2Br)N[C@H](c2ccccc2)C[C@H]3C(F)(F)F)c(C(=O)OCC)c1C. The zero-order valence-corrected chi connectivity index (χ0v) is 23.4. The van der Waals surface area contributed by atoms with Crippen LogP contribution in [0.5, 0.6) is 0 Å². The van der Waals surface area contributed by atoms with Gasteiger partial charge in [0.2, 0.25) is 0 Å². The molecular weight excluding hydrogens is 605 g/mol. The van der Waals surface area contributed by atoms with Crippen LogP contribution in [-0.4, -0.2) is 47.0 Å². The zero-order valence-electron chi connectivity index (χ0n) is 21.0. The molecule has 1 aliphatic rings. The van der Waals surface area contributed by atoms with Crippen LogP contribution in [0, 0.1) is 6.92 Å². The maximum Gasteiger partial charge on any atom is 0.410 e. The predicted molar refractivity (Wildman–Crippen MR) is 141 cm³/mol. The van der Waals surface area contributed by atoms with Gasteiger partial charge in [-0.05, 0) is 47.8 Å². The normalized spacial score (nSPS) is 16.7. The average molecular weight is 629 g/mol. The molecule has 14 heteroatoms. The van der Waals surface area contributed by atoms with Gasteiger partial charge in [-0.3, -0.25) is 4.79 Å². The Morgan fingerprint density at radius 2 is 1.79 bits per heavy atom. The molecule has 1 amide bonds. The molecule has 2 N–H and O–H groups in total. The molecule has 2 atom stereocenters. The van der Waals surface area contributed by atoms with E-state index in [2.05, 4.69) is 31.7 Å². The standard InChI is InChI=1S/C25H24BrF3N4O5S/c1-4-37-23(35)16-12(3)19(24(36)38-5-2)39-22(16)31-21(34)18-17(26)20-30-14(13-9-7-6-8-10-13)11-15(25(27,28)29)33(20)32-18/h6-10,14-15,30H,4-5,11H2,1-3H3,(H,31,34)/t14-,15-/m0/s1. The van der Waals surface area contributed by atoms with E-state index in [4.69, 9.17) is 9.47 Å². The lowest BCUT2D eigenvalue weighted by atomic mass is 9.97. The first-order valence-corrected chi connectivity index (χ1v) is 13.5. The molecule has 208 valence electrons. The molecule has 1 aromatic carbocycles. The quantitative estimate of drug-likeness (QED) is 0.296. The number of anilines is 2. The Morgan fingerprint density at radius 3 is 2.41 bits per heavy atom. The number of hydrogen-bond acceptors (Lipinski definition) is 8. The van der Waals surface area contributed by atoms with Gasteiger partial charge in [0.25, 0.3) is 5.91 Å². The molecule has 39 heavy (non-hydrogen) atoms. The summed E-state index contributed by atoms with van der Waals surface area (Å²) in [7, 11) is 0. The van der Waals surface area contributed by atoms with E-state index in [9.17, 15) is 27.6 Å². The highest BCUT2D eigenvalue weighted by Crippen LogP contribution is 2.46. The topological polar surface area (TPSA) is 112 Å². The number of thiophene rings is 1. The number of carbonyl (C=O) groups excluding carboxylic acids is 3. The smallest absolute Gasteiger partial charge is 0.410 e. The highest BCUT2D eigenvalue weighted by Gasteiger charge is 2.48. The van der Waals surface area contributed by atoms with Gasteiger partial charge in [-0.25, -0.2) is 14.3 Å². The summed E-state index contributed by atoms with van der Waals surface area (Å²) in [5, 5.41) is 9.56. The van der Waals surface area contributed by atoms with Crippen LogP contribution in [0.25, 0.3) is 0 Å². The summed E-state index contributed by atoms with van der Waals surface area (Å²) in [6, 6.07) is 5.98. The lowest BCUT2D eigenvalue weighted by Gasteiger charge is -2.33. The molecule has 0 unspecified atom stereocenters. The molecule has 0 saturated heterocycles. The van der Waals surface area contributed by atoms with Gasteiger partial charge in [-0.15, -0.1) is 11.3 Å². The van der Waals surface area contributed by atoms with E-state index in [1.54, 1.807) is 44.2 Å². The number of esters is 2. The van der Waals surface area contributed by atoms with Gasteiger partial charge in [0.05, 0.1) is 29.3 Å². The van der Waals surface area contributed by atoms with Crippen molar-refractivity contribution < 1.29 is 37.0 Å². The summed E-state index contributed by atoms with van der Waals surface area (Å²) in [6.45, 7) is 4.87. The summed E-state index contributed by atoms with van der Waals surface area (Å²) in [5.74, 6) is -2.36. The fraction of sp³-hybridized carbons (Fsp3) is 0.360. The molecule has 0 fully saturated rings. The van der Waals surface area contributed by atoms with Crippen LogP contribution in [-0.2, 0) is 9.47 Å². The van der Waals surface area contributed by atoms with Crippen molar-refractivity contribution in [3.8, 4) is 0 Å². The summed E-state index contributed by atoms with van der Waals surface area (Å²) >= 11 is 4.05. The van der Waals surface area contributed by atoms with E-state index in [-0.39, 0.29) is 56.6 Å². The minimum absolute atomic E-state index is 0.0113. The van der Waals surface area contributed by atoms with Crippen molar-refractivity contribution >= 4 is 55.9 Å². The van der Waals surface area contributed by atoms with E-state index in [0.717, 1.165) is 16.0 Å². The second-order valence-corrected chi connectivity index (χ2v) is 10.3. The second-order valence-electron chi connectivity index (χ2n) is 8.51. The third kappa shape index (κ3) is 5.66. The Kier molecular flexibility index (Phi) is 8.35. The average Bonchev–Trinajstić information content (AvgIpc) is 3.40. The maximum atomic E-state index is 14.1. The third-order valence-electron chi connectivity index (χ3n) is 6.03. The van der Waals surface area contributed by atoms with Crippen LogP contribution in [0.2, 0.25) is 0 Å². The molecule has 2 aromatic heterocycles. The van der Waals surface area contributed by atoms with Crippen molar-refractivity contribution in [3.63, 3.8) is 0 Å². The van der Waals surface area contributed by atoms with Crippen LogP contribution >= 0.6 is 27.3 Å². The third-order valence-corrected chi connectivity index (χ3v) is 7.97. The van der Waals surface area contributed by atoms with Crippen LogP contribution < -0.4 is 10.6 Å². The van der Waals surface area contributed by atoms with Crippen LogP contribution in [0.4, 0.5) is 24.0 Å². The van der Waals surface area contributed by atoms with E-state index >= 15 is 0 Å². The molecule has 4 rings (SSSR count). The Labute approximate surface area is 233 Å². The van der Waals surface area contributed by atoms with Crippen molar-refractivity contribution in [1.29, 1.82) is 0 Å². The molecule has 3 heterocycles. The van der Waals surface area contributed by atoms with Gasteiger partial charge in [0, 0.05) is 6.42 Å². The fourth-order valence-electron chi connectivity index (χ4n) is 4.24. The number of alkyl halides is 3. The molecule has 0 bridgehead atoms. The summed E-state index contributed by atoms with van der Waals surface area (Å²) in [6.07, 6.45) is -4.98. The number of amides is 1. The Bertz CT molecular complexity index is 1410. The van der Waals surface area contributed by atoms with Crippen LogP contribution in [0.15, 0.2) is 34.8 Å². The lowest BCUT2D eigenvalue weighted by Crippen LogP contribution is -2.35. The Morgan fingerprint density at radius 1 is 1.15 bits per heavy atom. The van der Waals surface area contributed by atoms with Gasteiger partial charge in [-0.2, -0.15) is 18.3 Å². The lowest BCUT2D eigenvalue weighted by molar-refractivity contribution is -0.173.